The average Bonchev–Trinajstić information content (AvgIpc) is 2.03. The fourth-order valence-corrected chi connectivity index (χ4v) is 2.29. The van der Waals surface area contributed by atoms with Crippen LogP contribution in [0.15, 0.2) is 0 Å². The molecule has 2 heteroatoms. The molecule has 0 spiro atoms. The standard InChI is InChI=1S/C9H21NS/c1-4-8(3)11-9(5-2)6-7-10/h8-9H,4-7,10H2,1-3H3. The minimum absolute atomic E-state index is 0.787. The molecule has 11 heavy (non-hydrogen) atoms. The normalized spacial score (nSPS) is 16.4. The maximum Gasteiger partial charge on any atom is 0.00591 e. The molecule has 0 aromatic rings. The molecule has 0 saturated carbocycles. The van der Waals surface area contributed by atoms with E-state index in [0.29, 0.717) is 0 Å². The van der Waals surface area contributed by atoms with Crippen LogP contribution in [-0.2, 0) is 0 Å². The highest BCUT2D eigenvalue weighted by Crippen LogP contribution is 2.24. The van der Waals surface area contributed by atoms with Crippen LogP contribution in [0.1, 0.15) is 40.0 Å². The summed E-state index contributed by atoms with van der Waals surface area (Å²) >= 11 is 2.09. The van der Waals surface area contributed by atoms with Gasteiger partial charge >= 0.3 is 0 Å². The van der Waals surface area contributed by atoms with Crippen molar-refractivity contribution in [2.24, 2.45) is 5.73 Å². The fraction of sp³-hybridized carbons (Fsp3) is 1.00. The van der Waals surface area contributed by atoms with Gasteiger partial charge in [-0.1, -0.05) is 20.8 Å². The summed E-state index contributed by atoms with van der Waals surface area (Å²) in [5.74, 6) is 0. The van der Waals surface area contributed by atoms with E-state index in [2.05, 4.69) is 32.5 Å². The summed E-state index contributed by atoms with van der Waals surface area (Å²) in [4.78, 5) is 0. The van der Waals surface area contributed by atoms with E-state index >= 15 is 0 Å². The Kier molecular flexibility index (Phi) is 7.18. The minimum atomic E-state index is 0.787. The Bertz CT molecular complexity index is 85.6. The van der Waals surface area contributed by atoms with Gasteiger partial charge in [-0.25, -0.2) is 0 Å². The van der Waals surface area contributed by atoms with Crippen LogP contribution < -0.4 is 5.73 Å². The van der Waals surface area contributed by atoms with Gasteiger partial charge in [-0.15, -0.1) is 0 Å². The van der Waals surface area contributed by atoms with Crippen LogP contribution in [0.3, 0.4) is 0 Å². The third kappa shape index (κ3) is 5.57. The predicted molar refractivity (Wildman–Crippen MR) is 55.1 cm³/mol. The second kappa shape index (κ2) is 6.99. The van der Waals surface area contributed by atoms with E-state index in [1.165, 1.54) is 19.3 Å². The quantitative estimate of drug-likeness (QED) is 0.671. The molecule has 2 unspecified atom stereocenters. The van der Waals surface area contributed by atoms with Gasteiger partial charge in [0.1, 0.15) is 0 Å². The Balaban J connectivity index is 3.49. The molecule has 0 bridgehead atoms. The lowest BCUT2D eigenvalue weighted by Gasteiger charge is -2.17. The van der Waals surface area contributed by atoms with E-state index < -0.39 is 0 Å². The number of thioether (sulfide) groups is 1. The van der Waals surface area contributed by atoms with Crippen LogP contribution in [0.4, 0.5) is 0 Å². The van der Waals surface area contributed by atoms with Crippen LogP contribution in [0, 0.1) is 0 Å². The van der Waals surface area contributed by atoms with Crippen molar-refractivity contribution < 1.29 is 0 Å². The number of rotatable bonds is 6. The van der Waals surface area contributed by atoms with Crippen molar-refractivity contribution in [3.63, 3.8) is 0 Å². The van der Waals surface area contributed by atoms with E-state index in [1.54, 1.807) is 0 Å². The van der Waals surface area contributed by atoms with Gasteiger partial charge in [-0.05, 0) is 25.8 Å². The second-order valence-electron chi connectivity index (χ2n) is 2.96. The highest BCUT2D eigenvalue weighted by atomic mass is 32.2. The van der Waals surface area contributed by atoms with E-state index in [9.17, 15) is 0 Å². The maximum atomic E-state index is 5.51. The maximum absolute atomic E-state index is 5.51. The molecule has 0 aromatic heterocycles. The van der Waals surface area contributed by atoms with Crippen LogP contribution in [-0.4, -0.2) is 17.0 Å². The van der Waals surface area contributed by atoms with Crippen LogP contribution in [0.25, 0.3) is 0 Å². The van der Waals surface area contributed by atoms with Crippen molar-refractivity contribution in [3.8, 4) is 0 Å². The zero-order chi connectivity index (χ0) is 8.69. The van der Waals surface area contributed by atoms with Crippen molar-refractivity contribution in [2.75, 3.05) is 6.54 Å². The summed E-state index contributed by atoms with van der Waals surface area (Å²) in [7, 11) is 0. The van der Waals surface area contributed by atoms with E-state index in [1.807, 2.05) is 0 Å². The molecule has 0 fully saturated rings. The summed E-state index contributed by atoms with van der Waals surface area (Å²) in [6.45, 7) is 7.62. The highest BCUT2D eigenvalue weighted by molar-refractivity contribution is 8.00. The Labute approximate surface area is 75.1 Å². The zero-order valence-electron chi connectivity index (χ0n) is 7.97. The van der Waals surface area contributed by atoms with Crippen LogP contribution >= 0.6 is 11.8 Å². The summed E-state index contributed by atoms with van der Waals surface area (Å²) in [6.07, 6.45) is 3.70. The molecule has 2 N–H and O–H groups in total. The third-order valence-electron chi connectivity index (χ3n) is 1.94. The van der Waals surface area contributed by atoms with Gasteiger partial charge in [0.2, 0.25) is 0 Å². The van der Waals surface area contributed by atoms with Gasteiger partial charge in [-0.3, -0.25) is 0 Å². The molecule has 0 rings (SSSR count). The summed E-state index contributed by atoms with van der Waals surface area (Å²) in [5, 5.41) is 1.58. The van der Waals surface area contributed by atoms with Gasteiger partial charge < -0.3 is 5.73 Å². The van der Waals surface area contributed by atoms with Crippen molar-refractivity contribution >= 4 is 11.8 Å². The molecule has 0 amide bonds. The molecule has 0 heterocycles. The zero-order valence-corrected chi connectivity index (χ0v) is 8.79. The lowest BCUT2D eigenvalue weighted by Crippen LogP contribution is -2.12. The first-order chi connectivity index (χ1) is 5.24. The smallest absolute Gasteiger partial charge is 0.00591 e. The van der Waals surface area contributed by atoms with Gasteiger partial charge in [0, 0.05) is 10.5 Å². The topological polar surface area (TPSA) is 26.0 Å². The molecule has 0 saturated heterocycles. The van der Waals surface area contributed by atoms with Crippen molar-refractivity contribution in [2.45, 2.75) is 50.5 Å². The largest absolute Gasteiger partial charge is 0.330 e. The second-order valence-corrected chi connectivity index (χ2v) is 4.71. The molecule has 0 radical (unpaired) electrons. The molecular formula is C9H21NS. The van der Waals surface area contributed by atoms with E-state index in [0.717, 1.165) is 17.0 Å². The molecule has 1 nitrogen and oxygen atoms in total. The Morgan fingerprint density at radius 1 is 1.27 bits per heavy atom. The first-order valence-corrected chi connectivity index (χ1v) is 5.54. The van der Waals surface area contributed by atoms with Gasteiger partial charge in [0.25, 0.3) is 0 Å². The van der Waals surface area contributed by atoms with Gasteiger partial charge in [-0.2, -0.15) is 11.8 Å². The Morgan fingerprint density at radius 3 is 2.27 bits per heavy atom. The molecular weight excluding hydrogens is 154 g/mol. The van der Waals surface area contributed by atoms with E-state index in [4.69, 9.17) is 5.73 Å². The minimum Gasteiger partial charge on any atom is -0.330 e. The summed E-state index contributed by atoms with van der Waals surface area (Å²) in [6, 6.07) is 0. The first-order valence-electron chi connectivity index (χ1n) is 4.60. The number of hydrogen-bond acceptors (Lipinski definition) is 2. The Hall–Kier alpha value is 0.310. The summed E-state index contributed by atoms with van der Waals surface area (Å²) < 4.78 is 0. The molecule has 2 atom stereocenters. The number of nitrogens with two attached hydrogens (primary N) is 1. The van der Waals surface area contributed by atoms with Crippen molar-refractivity contribution in [1.29, 1.82) is 0 Å². The first kappa shape index (κ1) is 11.3. The van der Waals surface area contributed by atoms with Crippen molar-refractivity contribution in [1.82, 2.24) is 0 Å². The molecule has 68 valence electrons. The fourth-order valence-electron chi connectivity index (χ4n) is 0.979. The molecule has 0 aliphatic rings. The van der Waals surface area contributed by atoms with Gasteiger partial charge in [0.15, 0.2) is 0 Å². The molecule has 0 aliphatic carbocycles. The highest BCUT2D eigenvalue weighted by Gasteiger charge is 2.08. The number of hydrogen-bond donors (Lipinski definition) is 1. The monoisotopic (exact) mass is 175 g/mol. The SMILES string of the molecule is CCC(C)SC(CC)CCN. The third-order valence-corrected chi connectivity index (χ3v) is 3.70. The lowest BCUT2D eigenvalue weighted by atomic mass is 10.2. The van der Waals surface area contributed by atoms with E-state index in [-0.39, 0.29) is 0 Å². The average molecular weight is 175 g/mol. The Morgan fingerprint density at radius 2 is 1.91 bits per heavy atom. The molecule has 0 aliphatic heterocycles. The van der Waals surface area contributed by atoms with Gasteiger partial charge in [0.05, 0.1) is 0 Å². The lowest BCUT2D eigenvalue weighted by molar-refractivity contribution is 0.737. The van der Waals surface area contributed by atoms with Crippen molar-refractivity contribution in [3.05, 3.63) is 0 Å². The van der Waals surface area contributed by atoms with Crippen LogP contribution in [0.2, 0.25) is 0 Å². The summed E-state index contributed by atoms with van der Waals surface area (Å²) in [5.41, 5.74) is 5.51. The molecule has 0 aromatic carbocycles. The predicted octanol–water partition coefficient (Wildman–Crippen LogP) is 2.65. The van der Waals surface area contributed by atoms with Crippen LogP contribution in [0.5, 0.6) is 0 Å².